The van der Waals surface area contributed by atoms with Gasteiger partial charge in [0.15, 0.2) is 0 Å². The number of urea groups is 1. The molecule has 0 unspecified atom stereocenters. The maximum atomic E-state index is 11.7. The van der Waals surface area contributed by atoms with Crippen molar-refractivity contribution in [3.05, 3.63) is 0 Å². The summed E-state index contributed by atoms with van der Waals surface area (Å²) >= 11 is 0. The van der Waals surface area contributed by atoms with Gasteiger partial charge in [-0.05, 0) is 38.6 Å². The van der Waals surface area contributed by atoms with Crippen molar-refractivity contribution < 1.29 is 4.79 Å². The van der Waals surface area contributed by atoms with Crippen LogP contribution in [0, 0.1) is 11.8 Å². The Labute approximate surface area is 92.2 Å². The lowest BCUT2D eigenvalue weighted by Crippen LogP contribution is -2.41. The Kier molecular flexibility index (Phi) is 4.39. The number of hydrogen-bond donors (Lipinski definition) is 2. The third-order valence-electron chi connectivity index (χ3n) is 3.00. The molecular formula is C11H23N3O. The third-order valence-corrected chi connectivity index (χ3v) is 3.00. The van der Waals surface area contributed by atoms with Gasteiger partial charge in [-0.1, -0.05) is 6.92 Å². The van der Waals surface area contributed by atoms with Crippen molar-refractivity contribution in [1.29, 1.82) is 0 Å². The zero-order valence-electron chi connectivity index (χ0n) is 9.99. The molecule has 0 aromatic carbocycles. The normalized spacial score (nSPS) is 26.1. The number of amides is 2. The van der Waals surface area contributed by atoms with Crippen LogP contribution in [-0.4, -0.2) is 36.6 Å². The minimum atomic E-state index is 0.0661. The second-order valence-corrected chi connectivity index (χ2v) is 4.82. The maximum absolute atomic E-state index is 11.7. The van der Waals surface area contributed by atoms with Crippen LogP contribution >= 0.6 is 0 Å². The fourth-order valence-electron chi connectivity index (χ4n) is 2.13. The Balaban J connectivity index is 2.43. The monoisotopic (exact) mass is 213 g/mol. The Morgan fingerprint density at radius 2 is 2.20 bits per heavy atom. The average Bonchev–Trinajstić information content (AvgIpc) is 2.47. The summed E-state index contributed by atoms with van der Waals surface area (Å²) in [7, 11) is 0. The summed E-state index contributed by atoms with van der Waals surface area (Å²) in [5.41, 5.74) is 5.55. The maximum Gasteiger partial charge on any atom is 0.317 e. The van der Waals surface area contributed by atoms with Gasteiger partial charge in [0.25, 0.3) is 0 Å². The second-order valence-electron chi connectivity index (χ2n) is 4.82. The lowest BCUT2D eigenvalue weighted by atomic mass is 9.95. The molecule has 4 nitrogen and oxygen atoms in total. The van der Waals surface area contributed by atoms with Crippen LogP contribution in [0.15, 0.2) is 0 Å². The van der Waals surface area contributed by atoms with Crippen LogP contribution < -0.4 is 11.1 Å². The van der Waals surface area contributed by atoms with Crippen LogP contribution in [0.5, 0.6) is 0 Å². The molecule has 0 aromatic rings. The molecule has 0 radical (unpaired) electrons. The van der Waals surface area contributed by atoms with Gasteiger partial charge in [0.05, 0.1) is 0 Å². The topological polar surface area (TPSA) is 58.4 Å². The molecule has 88 valence electrons. The van der Waals surface area contributed by atoms with Crippen molar-refractivity contribution in [2.24, 2.45) is 17.6 Å². The minimum absolute atomic E-state index is 0.0661. The van der Waals surface area contributed by atoms with Crippen molar-refractivity contribution in [1.82, 2.24) is 10.2 Å². The molecule has 1 heterocycles. The zero-order chi connectivity index (χ0) is 11.4. The average molecular weight is 213 g/mol. The van der Waals surface area contributed by atoms with Crippen LogP contribution in [0.2, 0.25) is 0 Å². The highest BCUT2D eigenvalue weighted by molar-refractivity contribution is 5.74. The Hall–Kier alpha value is -0.770. The lowest BCUT2D eigenvalue weighted by molar-refractivity contribution is 0.203. The van der Waals surface area contributed by atoms with E-state index in [9.17, 15) is 4.79 Å². The van der Waals surface area contributed by atoms with Gasteiger partial charge >= 0.3 is 6.03 Å². The van der Waals surface area contributed by atoms with Gasteiger partial charge < -0.3 is 16.0 Å². The molecule has 3 N–H and O–H groups in total. The number of nitrogens with zero attached hydrogens (tertiary/aromatic N) is 1. The van der Waals surface area contributed by atoms with Gasteiger partial charge in [-0.25, -0.2) is 4.79 Å². The fraction of sp³-hybridized carbons (Fsp3) is 0.909. The Morgan fingerprint density at radius 3 is 2.73 bits per heavy atom. The molecule has 15 heavy (non-hydrogen) atoms. The molecule has 1 fully saturated rings. The van der Waals surface area contributed by atoms with Gasteiger partial charge in [0.1, 0.15) is 0 Å². The molecule has 4 heteroatoms. The summed E-state index contributed by atoms with van der Waals surface area (Å²) < 4.78 is 0. The molecule has 1 saturated heterocycles. The van der Waals surface area contributed by atoms with Crippen molar-refractivity contribution in [2.75, 3.05) is 19.6 Å². The predicted molar refractivity (Wildman–Crippen MR) is 61.6 cm³/mol. The number of likely N-dealkylation sites (tertiary alicyclic amines) is 1. The standard InChI is InChI=1S/C11H23N3O/c1-8(2)13-11(15)14-6-9(3)10(7-14)4-5-12/h8-10H,4-7,12H2,1-3H3,(H,13,15)/t9-,10-/m1/s1. The van der Waals surface area contributed by atoms with Gasteiger partial charge in [0.2, 0.25) is 0 Å². The van der Waals surface area contributed by atoms with Gasteiger partial charge in [-0.3, -0.25) is 0 Å². The lowest BCUT2D eigenvalue weighted by Gasteiger charge is -2.19. The summed E-state index contributed by atoms with van der Waals surface area (Å²) in [5.74, 6) is 1.15. The van der Waals surface area contributed by atoms with Crippen LogP contribution in [0.3, 0.4) is 0 Å². The molecule has 2 atom stereocenters. The van der Waals surface area contributed by atoms with E-state index in [1.165, 1.54) is 0 Å². The van der Waals surface area contributed by atoms with E-state index in [0.717, 1.165) is 19.5 Å². The zero-order valence-corrected chi connectivity index (χ0v) is 9.99. The number of nitrogens with two attached hydrogens (primary N) is 1. The third kappa shape index (κ3) is 3.38. The first-order valence-corrected chi connectivity index (χ1v) is 5.80. The van der Waals surface area contributed by atoms with Gasteiger partial charge in [-0.2, -0.15) is 0 Å². The van der Waals surface area contributed by atoms with Crippen LogP contribution in [-0.2, 0) is 0 Å². The van der Waals surface area contributed by atoms with Crippen molar-refractivity contribution in [3.63, 3.8) is 0 Å². The van der Waals surface area contributed by atoms with E-state index < -0.39 is 0 Å². The molecule has 2 amide bonds. The summed E-state index contributed by atoms with van der Waals surface area (Å²) in [6.45, 7) is 8.60. The summed E-state index contributed by atoms with van der Waals surface area (Å²) in [6.07, 6.45) is 1.02. The van der Waals surface area contributed by atoms with E-state index in [0.29, 0.717) is 18.4 Å². The first-order valence-electron chi connectivity index (χ1n) is 5.80. The van der Waals surface area contributed by atoms with Crippen LogP contribution in [0.1, 0.15) is 27.2 Å². The number of nitrogens with one attached hydrogen (secondary N) is 1. The van der Waals surface area contributed by atoms with Gasteiger partial charge in [-0.15, -0.1) is 0 Å². The molecule has 1 rings (SSSR count). The van der Waals surface area contributed by atoms with Crippen molar-refractivity contribution in [2.45, 2.75) is 33.2 Å². The Bertz CT molecular complexity index is 218. The first-order chi connectivity index (χ1) is 7.04. The van der Waals surface area contributed by atoms with E-state index in [-0.39, 0.29) is 12.1 Å². The highest BCUT2D eigenvalue weighted by Crippen LogP contribution is 2.25. The van der Waals surface area contributed by atoms with Crippen LogP contribution in [0.4, 0.5) is 4.79 Å². The highest BCUT2D eigenvalue weighted by Gasteiger charge is 2.31. The molecule has 1 aliphatic heterocycles. The fourth-order valence-corrected chi connectivity index (χ4v) is 2.13. The van der Waals surface area contributed by atoms with Crippen molar-refractivity contribution >= 4 is 6.03 Å². The molecule has 0 aliphatic carbocycles. The smallest absolute Gasteiger partial charge is 0.317 e. The highest BCUT2D eigenvalue weighted by atomic mass is 16.2. The molecular weight excluding hydrogens is 190 g/mol. The number of hydrogen-bond acceptors (Lipinski definition) is 2. The molecule has 1 aliphatic rings. The quantitative estimate of drug-likeness (QED) is 0.735. The van der Waals surface area contributed by atoms with E-state index in [2.05, 4.69) is 12.2 Å². The molecule has 0 saturated carbocycles. The second kappa shape index (κ2) is 5.35. The van der Waals surface area contributed by atoms with Crippen molar-refractivity contribution in [3.8, 4) is 0 Å². The Morgan fingerprint density at radius 1 is 1.53 bits per heavy atom. The number of carbonyl (C=O) groups excluding carboxylic acids is 1. The number of carbonyl (C=O) groups is 1. The van der Waals surface area contributed by atoms with E-state index in [1.807, 2.05) is 18.7 Å². The number of rotatable bonds is 3. The summed E-state index contributed by atoms with van der Waals surface area (Å²) in [4.78, 5) is 13.6. The molecule has 0 spiro atoms. The van der Waals surface area contributed by atoms with E-state index in [1.54, 1.807) is 0 Å². The van der Waals surface area contributed by atoms with E-state index in [4.69, 9.17) is 5.73 Å². The van der Waals surface area contributed by atoms with Gasteiger partial charge in [0, 0.05) is 19.1 Å². The largest absolute Gasteiger partial charge is 0.336 e. The minimum Gasteiger partial charge on any atom is -0.336 e. The summed E-state index contributed by atoms with van der Waals surface area (Å²) in [6, 6.07) is 0.276. The van der Waals surface area contributed by atoms with E-state index >= 15 is 0 Å². The van der Waals surface area contributed by atoms with Crippen LogP contribution in [0.25, 0.3) is 0 Å². The molecule has 0 aromatic heterocycles. The molecule has 0 bridgehead atoms. The summed E-state index contributed by atoms with van der Waals surface area (Å²) in [5, 5.41) is 2.92. The predicted octanol–water partition coefficient (Wildman–Crippen LogP) is 1.02. The first kappa shape index (κ1) is 12.3. The SMILES string of the molecule is CC(C)NC(=O)N1C[C@@H](CCN)[C@H](C)C1.